The fourth-order valence-corrected chi connectivity index (χ4v) is 7.49. The average Bonchev–Trinajstić information content (AvgIpc) is 3.00. The normalized spacial score (nSPS) is 46.3. The summed E-state index contributed by atoms with van der Waals surface area (Å²) in [5.74, 6) is 5.86. The molecule has 7 unspecified atom stereocenters. The SMILES string of the molecule is CC12CCC(=O)C=C1CCC1C2C(O)CC2(CON)C(C(=O)CO)CCC12. The second kappa shape index (κ2) is 6.76. The Morgan fingerprint density at radius 3 is 2.81 bits per heavy atom. The fraction of sp³-hybridized carbons (Fsp3) is 0.810. The minimum absolute atomic E-state index is 0.101. The smallest absolute Gasteiger partial charge is 0.161 e. The van der Waals surface area contributed by atoms with Gasteiger partial charge in [-0.3, -0.25) is 9.59 Å². The molecule has 0 heterocycles. The molecule has 0 radical (unpaired) electrons. The molecule has 6 heteroatoms. The number of ketones is 2. The van der Waals surface area contributed by atoms with Crippen LogP contribution in [0.2, 0.25) is 0 Å². The van der Waals surface area contributed by atoms with E-state index in [1.165, 1.54) is 5.57 Å². The van der Waals surface area contributed by atoms with Gasteiger partial charge in [0.25, 0.3) is 0 Å². The molecule has 6 nitrogen and oxygen atoms in total. The van der Waals surface area contributed by atoms with E-state index in [2.05, 4.69) is 6.92 Å². The number of fused-ring (bicyclic) bond motifs is 5. The van der Waals surface area contributed by atoms with Crippen molar-refractivity contribution >= 4 is 11.6 Å². The first-order valence-electron chi connectivity index (χ1n) is 10.2. The van der Waals surface area contributed by atoms with Crippen molar-refractivity contribution < 1.29 is 24.6 Å². The molecule has 7 atom stereocenters. The molecule has 0 spiro atoms. The van der Waals surface area contributed by atoms with Gasteiger partial charge in [0, 0.05) is 17.8 Å². The number of hydrogen-bond donors (Lipinski definition) is 3. The van der Waals surface area contributed by atoms with Crippen LogP contribution in [0.1, 0.15) is 51.9 Å². The lowest BCUT2D eigenvalue weighted by Gasteiger charge is -2.60. The van der Waals surface area contributed by atoms with Crippen molar-refractivity contribution in [2.45, 2.75) is 58.0 Å². The Morgan fingerprint density at radius 2 is 2.11 bits per heavy atom. The number of rotatable bonds is 4. The van der Waals surface area contributed by atoms with Gasteiger partial charge >= 0.3 is 0 Å². The van der Waals surface area contributed by atoms with Crippen LogP contribution in [-0.4, -0.2) is 41.1 Å². The van der Waals surface area contributed by atoms with Crippen LogP contribution in [0.3, 0.4) is 0 Å². The second-order valence-electron chi connectivity index (χ2n) is 9.46. The largest absolute Gasteiger partial charge is 0.393 e. The third kappa shape index (κ3) is 2.68. The predicted molar refractivity (Wildman–Crippen MR) is 98.1 cm³/mol. The van der Waals surface area contributed by atoms with Crippen molar-refractivity contribution in [2.24, 2.45) is 40.4 Å². The van der Waals surface area contributed by atoms with Crippen LogP contribution in [0.15, 0.2) is 11.6 Å². The number of aliphatic hydroxyl groups excluding tert-OH is 2. The molecule has 0 aromatic heterocycles. The zero-order chi connectivity index (χ0) is 19.4. The summed E-state index contributed by atoms with van der Waals surface area (Å²) in [6.07, 6.45) is 6.51. The number of allylic oxidation sites excluding steroid dienone is 1. The van der Waals surface area contributed by atoms with Crippen LogP contribution in [-0.2, 0) is 14.4 Å². The fourth-order valence-electron chi connectivity index (χ4n) is 7.49. The van der Waals surface area contributed by atoms with E-state index in [1.807, 2.05) is 6.08 Å². The number of hydrogen-bond acceptors (Lipinski definition) is 6. The van der Waals surface area contributed by atoms with Gasteiger partial charge in [0.05, 0.1) is 12.7 Å². The summed E-state index contributed by atoms with van der Waals surface area (Å²) in [5, 5.41) is 20.8. The lowest BCUT2D eigenvalue weighted by atomic mass is 9.45. The zero-order valence-corrected chi connectivity index (χ0v) is 16.0. The highest BCUT2D eigenvalue weighted by atomic mass is 16.6. The molecular formula is C21H31NO5. The van der Waals surface area contributed by atoms with Gasteiger partial charge in [-0.2, -0.15) is 0 Å². The maximum absolute atomic E-state index is 12.5. The first-order valence-corrected chi connectivity index (χ1v) is 10.2. The lowest BCUT2D eigenvalue weighted by Crippen LogP contribution is -2.59. The molecule has 150 valence electrons. The number of aliphatic hydroxyl groups is 2. The highest BCUT2D eigenvalue weighted by Gasteiger charge is 2.64. The molecule has 0 amide bonds. The van der Waals surface area contributed by atoms with E-state index in [0.29, 0.717) is 12.8 Å². The highest BCUT2D eigenvalue weighted by molar-refractivity contribution is 5.91. The third-order valence-electron chi connectivity index (χ3n) is 8.52. The van der Waals surface area contributed by atoms with Crippen molar-refractivity contribution in [2.75, 3.05) is 13.2 Å². The van der Waals surface area contributed by atoms with Crippen molar-refractivity contribution in [1.82, 2.24) is 0 Å². The number of nitrogens with two attached hydrogens (primary N) is 1. The van der Waals surface area contributed by atoms with Gasteiger partial charge in [-0.05, 0) is 67.8 Å². The van der Waals surface area contributed by atoms with Crippen LogP contribution >= 0.6 is 0 Å². The summed E-state index contributed by atoms with van der Waals surface area (Å²) in [5.41, 5.74) is 0.560. The summed E-state index contributed by atoms with van der Waals surface area (Å²) in [6, 6.07) is 0. The minimum atomic E-state index is -0.560. The van der Waals surface area contributed by atoms with Gasteiger partial charge in [0.1, 0.15) is 6.61 Å². The Bertz CT molecular complexity index is 675. The summed E-state index contributed by atoms with van der Waals surface area (Å²) in [4.78, 5) is 29.5. The van der Waals surface area contributed by atoms with Gasteiger partial charge < -0.3 is 15.1 Å². The summed E-state index contributed by atoms with van der Waals surface area (Å²) >= 11 is 0. The Balaban J connectivity index is 1.73. The maximum Gasteiger partial charge on any atom is 0.161 e. The third-order valence-corrected chi connectivity index (χ3v) is 8.52. The van der Waals surface area contributed by atoms with E-state index in [-0.39, 0.29) is 47.3 Å². The molecule has 4 N–H and O–H groups in total. The first-order chi connectivity index (χ1) is 12.9. The molecule has 0 bridgehead atoms. The van der Waals surface area contributed by atoms with Crippen molar-refractivity contribution in [1.29, 1.82) is 0 Å². The zero-order valence-electron chi connectivity index (χ0n) is 16.0. The summed E-state index contributed by atoms with van der Waals surface area (Å²) < 4.78 is 0. The van der Waals surface area contributed by atoms with E-state index >= 15 is 0 Å². The van der Waals surface area contributed by atoms with Crippen LogP contribution in [0.4, 0.5) is 0 Å². The molecule has 0 aromatic carbocycles. The molecule has 0 aromatic rings. The quantitative estimate of drug-likeness (QED) is 0.641. The molecule has 3 saturated carbocycles. The average molecular weight is 377 g/mol. The Hall–Kier alpha value is -1.08. The number of carbonyl (C=O) groups excluding carboxylic acids is 2. The van der Waals surface area contributed by atoms with Gasteiger partial charge in [-0.25, -0.2) is 5.90 Å². The Morgan fingerprint density at radius 1 is 1.33 bits per heavy atom. The van der Waals surface area contributed by atoms with E-state index in [0.717, 1.165) is 32.1 Å². The van der Waals surface area contributed by atoms with Crippen LogP contribution in [0, 0.1) is 34.5 Å². The van der Waals surface area contributed by atoms with Gasteiger partial charge in [-0.1, -0.05) is 12.5 Å². The van der Waals surface area contributed by atoms with Crippen LogP contribution in [0.25, 0.3) is 0 Å². The molecular weight excluding hydrogens is 346 g/mol. The number of Topliss-reactive ketones (excluding diaryl/α,β-unsaturated/α-hetero) is 1. The summed E-state index contributed by atoms with van der Waals surface area (Å²) in [6.45, 7) is 1.98. The van der Waals surface area contributed by atoms with Crippen LogP contribution in [0.5, 0.6) is 0 Å². The first kappa shape index (κ1) is 19.2. The highest BCUT2D eigenvalue weighted by Crippen LogP contribution is 2.66. The maximum atomic E-state index is 12.5. The Kier molecular flexibility index (Phi) is 4.82. The standard InChI is InChI=1S/C21H31NO5/c1-20-7-6-13(24)8-12(20)2-3-14-15-4-5-16(18(26)10-23)21(15,11-27-22)9-17(25)19(14)20/h8,14-17,19,23,25H,2-7,9-11,22H2,1H3. The second-order valence-corrected chi connectivity index (χ2v) is 9.46. The van der Waals surface area contributed by atoms with Gasteiger partial charge in [0.15, 0.2) is 11.6 Å². The van der Waals surface area contributed by atoms with Crippen molar-refractivity contribution in [3.05, 3.63) is 11.6 Å². The van der Waals surface area contributed by atoms with Crippen molar-refractivity contribution in [3.63, 3.8) is 0 Å². The van der Waals surface area contributed by atoms with Crippen LogP contribution < -0.4 is 5.90 Å². The van der Waals surface area contributed by atoms with E-state index in [9.17, 15) is 19.8 Å². The molecule has 4 rings (SSSR count). The lowest BCUT2D eigenvalue weighted by molar-refractivity contribution is -0.164. The minimum Gasteiger partial charge on any atom is -0.393 e. The molecule has 3 fully saturated rings. The van der Waals surface area contributed by atoms with E-state index < -0.39 is 18.1 Å². The molecule has 4 aliphatic rings. The molecule has 4 aliphatic carbocycles. The molecule has 0 saturated heterocycles. The summed E-state index contributed by atoms with van der Waals surface area (Å²) in [7, 11) is 0. The van der Waals surface area contributed by atoms with Crippen molar-refractivity contribution in [3.8, 4) is 0 Å². The van der Waals surface area contributed by atoms with E-state index in [4.69, 9.17) is 10.7 Å². The number of carbonyl (C=O) groups is 2. The Labute approximate surface area is 160 Å². The monoisotopic (exact) mass is 377 g/mol. The topological polar surface area (TPSA) is 110 Å². The molecule has 27 heavy (non-hydrogen) atoms. The van der Waals surface area contributed by atoms with Gasteiger partial charge in [0.2, 0.25) is 0 Å². The predicted octanol–water partition coefficient (Wildman–Crippen LogP) is 1.54. The van der Waals surface area contributed by atoms with E-state index in [1.54, 1.807) is 0 Å². The van der Waals surface area contributed by atoms with Gasteiger partial charge in [-0.15, -0.1) is 0 Å². The molecule has 0 aliphatic heterocycles.